The monoisotopic (exact) mass is 225 g/mol. The van der Waals surface area contributed by atoms with Crippen molar-refractivity contribution in [1.82, 2.24) is 9.97 Å². The van der Waals surface area contributed by atoms with Crippen LogP contribution in [0, 0.1) is 0 Å². The van der Waals surface area contributed by atoms with Crippen LogP contribution in [0.2, 0.25) is 0 Å². The molecule has 0 bridgehead atoms. The first-order valence-electron chi connectivity index (χ1n) is 4.60. The van der Waals surface area contributed by atoms with Gasteiger partial charge in [-0.1, -0.05) is 11.8 Å². The van der Waals surface area contributed by atoms with Crippen LogP contribution in [0.3, 0.4) is 0 Å². The van der Waals surface area contributed by atoms with E-state index in [0.717, 1.165) is 0 Å². The fourth-order valence-electron chi connectivity index (χ4n) is 1.40. The normalized spacial score (nSPS) is 14.8. The number of rotatable bonds is 2. The number of aromatic nitrogens is 2. The van der Waals surface area contributed by atoms with Gasteiger partial charge in [0.05, 0.1) is 6.20 Å². The molecule has 0 aromatic carbocycles. The molecule has 1 aliphatic rings. The van der Waals surface area contributed by atoms with Gasteiger partial charge in [0.25, 0.3) is 5.91 Å². The molecule has 6 heteroatoms. The Balaban J connectivity index is 2.45. The van der Waals surface area contributed by atoms with Gasteiger partial charge in [0.15, 0.2) is 23.3 Å². The molecule has 0 radical (unpaired) electrons. The summed E-state index contributed by atoms with van der Waals surface area (Å²) in [6, 6.07) is 0. The Labute approximate surface area is 91.8 Å². The number of nitrogens with zero attached hydrogens (tertiary/aromatic N) is 3. The smallest absolute Gasteiger partial charge is 0.266 e. The Morgan fingerprint density at radius 1 is 1.67 bits per heavy atom. The van der Waals surface area contributed by atoms with Crippen LogP contribution in [0.4, 0.5) is 5.82 Å². The predicted octanol–water partition coefficient (Wildman–Crippen LogP) is 0.944. The lowest BCUT2D eigenvalue weighted by molar-refractivity contribution is -0.121. The Kier molecular flexibility index (Phi) is 2.77. The number of likely N-dealkylation sites (N-methyl/N-ethyl adjacent to an activating group) is 1. The maximum atomic E-state index is 11.5. The third-order valence-electron chi connectivity index (χ3n) is 2.12. The predicted molar refractivity (Wildman–Crippen MR) is 57.3 cm³/mol. The fourth-order valence-corrected chi connectivity index (χ4v) is 1.74. The van der Waals surface area contributed by atoms with Gasteiger partial charge in [-0.25, -0.2) is 9.97 Å². The van der Waals surface area contributed by atoms with Gasteiger partial charge < -0.3 is 4.74 Å². The summed E-state index contributed by atoms with van der Waals surface area (Å²) < 4.78 is 5.24. The highest BCUT2D eigenvalue weighted by Gasteiger charge is 2.26. The van der Waals surface area contributed by atoms with Crippen LogP contribution in [0.5, 0.6) is 5.75 Å². The molecule has 1 aliphatic heterocycles. The van der Waals surface area contributed by atoms with Gasteiger partial charge >= 0.3 is 0 Å². The number of fused-ring (bicyclic) bond motifs is 1. The quantitative estimate of drug-likeness (QED) is 0.554. The lowest BCUT2D eigenvalue weighted by Gasteiger charge is -2.26. The van der Waals surface area contributed by atoms with Crippen LogP contribution in [-0.4, -0.2) is 35.3 Å². The highest BCUT2D eigenvalue weighted by Crippen LogP contribution is 2.30. The van der Waals surface area contributed by atoms with Crippen LogP contribution >= 0.6 is 11.8 Å². The number of hydrogen-bond donors (Lipinski definition) is 0. The van der Waals surface area contributed by atoms with E-state index in [-0.39, 0.29) is 12.5 Å². The van der Waals surface area contributed by atoms with Gasteiger partial charge in [-0.2, -0.15) is 0 Å². The molecule has 1 aromatic rings. The molecule has 1 amide bonds. The van der Waals surface area contributed by atoms with E-state index in [0.29, 0.717) is 23.3 Å². The number of hydrogen-bond acceptors (Lipinski definition) is 5. The summed E-state index contributed by atoms with van der Waals surface area (Å²) in [5.41, 5.74) is 0. The molecule has 5 nitrogen and oxygen atoms in total. The third kappa shape index (κ3) is 1.77. The molecule has 0 fully saturated rings. The summed E-state index contributed by atoms with van der Waals surface area (Å²) in [6.45, 7) is 2.58. The standard InChI is InChI=1S/C9H11N3O2S/c1-3-12-7(13)5-14-6-4-10-9(15-2)11-8(6)12/h4H,3,5H2,1-2H3. The van der Waals surface area contributed by atoms with Crippen molar-refractivity contribution in [3.8, 4) is 5.75 Å². The molecule has 0 aliphatic carbocycles. The van der Waals surface area contributed by atoms with Gasteiger partial charge in [-0.15, -0.1) is 0 Å². The minimum absolute atomic E-state index is 0.0595. The molecule has 0 unspecified atom stereocenters. The van der Waals surface area contributed by atoms with Crippen LogP contribution in [0.1, 0.15) is 6.92 Å². The first-order valence-corrected chi connectivity index (χ1v) is 5.83. The van der Waals surface area contributed by atoms with Crippen LogP contribution in [-0.2, 0) is 4.79 Å². The zero-order valence-corrected chi connectivity index (χ0v) is 9.37. The molecular weight excluding hydrogens is 214 g/mol. The van der Waals surface area contributed by atoms with Crippen LogP contribution in [0.15, 0.2) is 11.4 Å². The minimum Gasteiger partial charge on any atom is -0.478 e. The number of anilines is 1. The van der Waals surface area contributed by atoms with E-state index in [9.17, 15) is 4.79 Å². The summed E-state index contributed by atoms with van der Waals surface area (Å²) in [7, 11) is 0. The molecular formula is C9H11N3O2S. The lowest BCUT2D eigenvalue weighted by Crippen LogP contribution is -2.39. The Morgan fingerprint density at radius 2 is 2.47 bits per heavy atom. The summed E-state index contributed by atoms with van der Waals surface area (Å²) >= 11 is 1.44. The number of ether oxygens (including phenoxy) is 1. The van der Waals surface area contributed by atoms with Crippen molar-refractivity contribution >= 4 is 23.5 Å². The summed E-state index contributed by atoms with van der Waals surface area (Å²) in [6.07, 6.45) is 3.51. The third-order valence-corrected chi connectivity index (χ3v) is 2.68. The highest BCUT2D eigenvalue weighted by atomic mass is 32.2. The van der Waals surface area contributed by atoms with Crippen molar-refractivity contribution in [3.63, 3.8) is 0 Å². The zero-order valence-electron chi connectivity index (χ0n) is 8.56. The van der Waals surface area contributed by atoms with Crippen molar-refractivity contribution < 1.29 is 9.53 Å². The molecule has 0 saturated carbocycles. The van der Waals surface area contributed by atoms with Crippen molar-refractivity contribution in [1.29, 1.82) is 0 Å². The van der Waals surface area contributed by atoms with Gasteiger partial charge in [0.2, 0.25) is 0 Å². The van der Waals surface area contributed by atoms with E-state index in [1.54, 1.807) is 11.1 Å². The lowest BCUT2D eigenvalue weighted by atomic mass is 10.3. The van der Waals surface area contributed by atoms with Crippen molar-refractivity contribution in [2.75, 3.05) is 24.3 Å². The summed E-state index contributed by atoms with van der Waals surface area (Å²) in [4.78, 5) is 21.5. The van der Waals surface area contributed by atoms with E-state index >= 15 is 0 Å². The average molecular weight is 225 g/mol. The Morgan fingerprint density at radius 3 is 3.13 bits per heavy atom. The second-order valence-electron chi connectivity index (χ2n) is 2.97. The molecule has 1 aromatic heterocycles. The Bertz CT molecular complexity index is 397. The number of amides is 1. The van der Waals surface area contributed by atoms with E-state index in [2.05, 4.69) is 9.97 Å². The van der Waals surface area contributed by atoms with E-state index in [1.807, 2.05) is 13.2 Å². The van der Waals surface area contributed by atoms with Gasteiger partial charge in [-0.05, 0) is 13.2 Å². The largest absolute Gasteiger partial charge is 0.478 e. The molecule has 2 heterocycles. The van der Waals surface area contributed by atoms with E-state index < -0.39 is 0 Å². The molecule has 2 rings (SSSR count). The SMILES string of the molecule is CCN1C(=O)COc2cnc(SC)nc21. The number of thioether (sulfide) groups is 1. The zero-order chi connectivity index (χ0) is 10.8. The second-order valence-corrected chi connectivity index (χ2v) is 3.74. The maximum Gasteiger partial charge on any atom is 0.266 e. The molecule has 0 saturated heterocycles. The summed E-state index contributed by atoms with van der Waals surface area (Å²) in [5, 5.41) is 0.644. The van der Waals surface area contributed by atoms with E-state index in [1.165, 1.54) is 11.8 Å². The average Bonchev–Trinajstić information content (AvgIpc) is 2.28. The van der Waals surface area contributed by atoms with Crippen LogP contribution < -0.4 is 9.64 Å². The van der Waals surface area contributed by atoms with Gasteiger partial charge in [0.1, 0.15) is 0 Å². The fraction of sp³-hybridized carbons (Fsp3) is 0.444. The first-order chi connectivity index (χ1) is 7.26. The molecule has 80 valence electrons. The van der Waals surface area contributed by atoms with E-state index in [4.69, 9.17) is 4.74 Å². The van der Waals surface area contributed by atoms with Crippen molar-refractivity contribution in [2.45, 2.75) is 12.1 Å². The minimum atomic E-state index is -0.0595. The van der Waals surface area contributed by atoms with Gasteiger partial charge in [-0.3, -0.25) is 9.69 Å². The van der Waals surface area contributed by atoms with Crippen LogP contribution in [0.25, 0.3) is 0 Å². The van der Waals surface area contributed by atoms with Gasteiger partial charge in [0, 0.05) is 6.54 Å². The maximum absolute atomic E-state index is 11.5. The topological polar surface area (TPSA) is 55.3 Å². The van der Waals surface area contributed by atoms with Crippen molar-refractivity contribution in [3.05, 3.63) is 6.20 Å². The molecule has 0 spiro atoms. The number of carbonyl (C=O) groups is 1. The summed E-state index contributed by atoms with van der Waals surface area (Å²) in [5.74, 6) is 1.10. The van der Waals surface area contributed by atoms with Crippen molar-refractivity contribution in [2.24, 2.45) is 0 Å². The number of carbonyl (C=O) groups excluding carboxylic acids is 1. The molecule has 0 N–H and O–H groups in total. The highest BCUT2D eigenvalue weighted by molar-refractivity contribution is 7.98. The molecule has 0 atom stereocenters. The first kappa shape index (κ1) is 10.2. The molecule has 15 heavy (non-hydrogen) atoms. The second kappa shape index (κ2) is 4.06. The Hall–Kier alpha value is -1.30.